The quantitative estimate of drug-likeness (QED) is 0.915. The largest absolute Gasteiger partial charge is 0.464 e. The molecule has 4 nitrogen and oxygen atoms in total. The molecule has 0 unspecified atom stereocenters. The minimum atomic E-state index is -0.585. The van der Waals surface area contributed by atoms with Crippen molar-refractivity contribution < 1.29 is 13.9 Å². The Balaban J connectivity index is 1.67. The molecule has 0 saturated carbocycles. The fourth-order valence-electron chi connectivity index (χ4n) is 2.23. The van der Waals surface area contributed by atoms with Crippen molar-refractivity contribution in [3.05, 3.63) is 41.9 Å². The lowest BCUT2D eigenvalue weighted by atomic mass is 10.2. The zero-order valence-electron chi connectivity index (χ0n) is 12.0. The molecule has 0 aliphatic carbocycles. The van der Waals surface area contributed by atoms with Gasteiger partial charge in [0.15, 0.2) is 11.5 Å². The van der Waals surface area contributed by atoms with Crippen LogP contribution in [-0.4, -0.2) is 5.79 Å². The maximum atomic E-state index is 5.72. The van der Waals surface area contributed by atoms with Gasteiger partial charge in [0.1, 0.15) is 11.5 Å². The SMILES string of the molecule is CCc1ccc(CNc2ccc3c(c2)OC(C)(C)O3)o1. The van der Waals surface area contributed by atoms with Gasteiger partial charge in [0.2, 0.25) is 5.79 Å². The minimum Gasteiger partial charge on any atom is -0.464 e. The zero-order chi connectivity index (χ0) is 14.2. The predicted octanol–water partition coefficient (Wildman–Crippen LogP) is 3.96. The number of benzene rings is 1. The van der Waals surface area contributed by atoms with Crippen molar-refractivity contribution in [3.63, 3.8) is 0 Å². The first-order chi connectivity index (χ1) is 9.55. The maximum absolute atomic E-state index is 5.72. The first-order valence-corrected chi connectivity index (χ1v) is 6.89. The van der Waals surface area contributed by atoms with Crippen LogP contribution in [0, 0.1) is 0 Å². The van der Waals surface area contributed by atoms with Crippen molar-refractivity contribution in [2.45, 2.75) is 39.5 Å². The van der Waals surface area contributed by atoms with Crippen LogP contribution in [0.1, 0.15) is 32.3 Å². The highest BCUT2D eigenvalue weighted by atomic mass is 16.7. The number of hydrogen-bond acceptors (Lipinski definition) is 4. The number of anilines is 1. The second-order valence-corrected chi connectivity index (χ2v) is 5.34. The molecule has 0 spiro atoms. The minimum absolute atomic E-state index is 0.585. The molecule has 0 bridgehead atoms. The molecule has 106 valence electrons. The molecule has 1 aliphatic rings. The third kappa shape index (κ3) is 2.59. The van der Waals surface area contributed by atoms with Crippen molar-refractivity contribution in [1.29, 1.82) is 0 Å². The van der Waals surface area contributed by atoms with E-state index in [0.29, 0.717) is 6.54 Å². The number of aryl methyl sites for hydroxylation is 1. The van der Waals surface area contributed by atoms with Crippen LogP contribution in [0.25, 0.3) is 0 Å². The van der Waals surface area contributed by atoms with E-state index in [-0.39, 0.29) is 0 Å². The van der Waals surface area contributed by atoms with Gasteiger partial charge in [-0.2, -0.15) is 0 Å². The van der Waals surface area contributed by atoms with Crippen LogP contribution in [0.5, 0.6) is 11.5 Å². The third-order valence-electron chi connectivity index (χ3n) is 3.19. The van der Waals surface area contributed by atoms with Crippen molar-refractivity contribution in [1.82, 2.24) is 0 Å². The summed E-state index contributed by atoms with van der Waals surface area (Å²) in [5.41, 5.74) is 0.986. The van der Waals surface area contributed by atoms with Crippen LogP contribution < -0.4 is 14.8 Å². The maximum Gasteiger partial charge on any atom is 0.246 e. The lowest BCUT2D eigenvalue weighted by Crippen LogP contribution is -2.29. The molecule has 1 aromatic carbocycles. The van der Waals surface area contributed by atoms with Crippen molar-refractivity contribution in [2.24, 2.45) is 0 Å². The van der Waals surface area contributed by atoms with Gasteiger partial charge < -0.3 is 19.2 Å². The summed E-state index contributed by atoms with van der Waals surface area (Å²) >= 11 is 0. The first kappa shape index (κ1) is 12.9. The molecule has 2 heterocycles. The zero-order valence-corrected chi connectivity index (χ0v) is 12.0. The van der Waals surface area contributed by atoms with E-state index in [4.69, 9.17) is 13.9 Å². The van der Waals surface area contributed by atoms with E-state index >= 15 is 0 Å². The average Bonchev–Trinajstić information content (AvgIpc) is 2.97. The fourth-order valence-corrected chi connectivity index (χ4v) is 2.23. The molecule has 4 heteroatoms. The summed E-state index contributed by atoms with van der Waals surface area (Å²) in [5, 5.41) is 3.33. The summed E-state index contributed by atoms with van der Waals surface area (Å²) in [6.07, 6.45) is 0.916. The van der Waals surface area contributed by atoms with Crippen LogP contribution in [-0.2, 0) is 13.0 Å². The molecule has 2 aromatic rings. The summed E-state index contributed by atoms with van der Waals surface area (Å²) in [6, 6.07) is 9.87. The number of nitrogens with one attached hydrogen (secondary N) is 1. The summed E-state index contributed by atoms with van der Waals surface area (Å²) in [4.78, 5) is 0. The number of hydrogen-bond donors (Lipinski definition) is 1. The van der Waals surface area contributed by atoms with Gasteiger partial charge in [0.25, 0.3) is 0 Å². The van der Waals surface area contributed by atoms with E-state index in [0.717, 1.165) is 35.1 Å². The lowest BCUT2D eigenvalue weighted by molar-refractivity contribution is -0.0431. The Hall–Kier alpha value is -2.10. The molecule has 1 N–H and O–H groups in total. The van der Waals surface area contributed by atoms with Gasteiger partial charge in [-0.25, -0.2) is 0 Å². The van der Waals surface area contributed by atoms with Gasteiger partial charge in [-0.3, -0.25) is 0 Å². The second-order valence-electron chi connectivity index (χ2n) is 5.34. The topological polar surface area (TPSA) is 43.6 Å². The Morgan fingerprint density at radius 3 is 2.50 bits per heavy atom. The van der Waals surface area contributed by atoms with Crippen LogP contribution in [0.15, 0.2) is 34.7 Å². The van der Waals surface area contributed by atoms with Crippen molar-refractivity contribution in [2.75, 3.05) is 5.32 Å². The summed E-state index contributed by atoms with van der Waals surface area (Å²) in [6.45, 7) is 6.53. The van der Waals surface area contributed by atoms with Gasteiger partial charge in [-0.05, 0) is 24.3 Å². The summed E-state index contributed by atoms with van der Waals surface area (Å²) in [5.74, 6) is 2.91. The van der Waals surface area contributed by atoms with Gasteiger partial charge in [-0.1, -0.05) is 6.92 Å². The molecular weight excluding hydrogens is 254 g/mol. The van der Waals surface area contributed by atoms with Crippen molar-refractivity contribution in [3.8, 4) is 11.5 Å². The molecule has 0 saturated heterocycles. The Labute approximate surface area is 118 Å². The molecule has 3 rings (SSSR count). The lowest BCUT2D eigenvalue weighted by Gasteiger charge is -2.16. The molecule has 1 aromatic heterocycles. The fraction of sp³-hybridized carbons (Fsp3) is 0.375. The van der Waals surface area contributed by atoms with Gasteiger partial charge in [0, 0.05) is 32.0 Å². The van der Waals surface area contributed by atoms with E-state index in [9.17, 15) is 0 Å². The van der Waals surface area contributed by atoms with E-state index in [2.05, 4.69) is 12.2 Å². The average molecular weight is 273 g/mol. The highest BCUT2D eigenvalue weighted by molar-refractivity contribution is 5.56. The summed E-state index contributed by atoms with van der Waals surface area (Å²) in [7, 11) is 0. The Morgan fingerprint density at radius 2 is 1.75 bits per heavy atom. The highest BCUT2D eigenvalue weighted by Gasteiger charge is 2.31. The standard InChI is InChI=1S/C16H19NO3/c1-4-12-6-7-13(18-12)10-17-11-5-8-14-15(9-11)20-16(2,3)19-14/h5-9,17H,4,10H2,1-3H3. The molecular formula is C16H19NO3. The summed E-state index contributed by atoms with van der Waals surface area (Å²) < 4.78 is 17.0. The smallest absolute Gasteiger partial charge is 0.246 e. The van der Waals surface area contributed by atoms with E-state index < -0.39 is 5.79 Å². The van der Waals surface area contributed by atoms with E-state index in [1.807, 2.05) is 44.2 Å². The van der Waals surface area contributed by atoms with E-state index in [1.54, 1.807) is 0 Å². The number of rotatable bonds is 4. The monoisotopic (exact) mass is 273 g/mol. The number of furan rings is 1. The Bertz CT molecular complexity index is 616. The van der Waals surface area contributed by atoms with Gasteiger partial charge in [-0.15, -0.1) is 0 Å². The molecule has 20 heavy (non-hydrogen) atoms. The predicted molar refractivity (Wildman–Crippen MR) is 77.2 cm³/mol. The van der Waals surface area contributed by atoms with Crippen LogP contribution in [0.4, 0.5) is 5.69 Å². The number of ether oxygens (including phenoxy) is 2. The van der Waals surface area contributed by atoms with E-state index in [1.165, 1.54) is 0 Å². The Morgan fingerprint density at radius 1 is 1.00 bits per heavy atom. The van der Waals surface area contributed by atoms with Gasteiger partial charge >= 0.3 is 0 Å². The van der Waals surface area contributed by atoms with Crippen LogP contribution in [0.2, 0.25) is 0 Å². The third-order valence-corrected chi connectivity index (χ3v) is 3.19. The molecule has 1 aliphatic heterocycles. The van der Waals surface area contributed by atoms with Crippen molar-refractivity contribution >= 4 is 5.69 Å². The normalized spacial score (nSPS) is 15.3. The second kappa shape index (κ2) is 4.78. The molecule has 0 atom stereocenters. The first-order valence-electron chi connectivity index (χ1n) is 6.89. The van der Waals surface area contributed by atoms with Crippen LogP contribution >= 0.6 is 0 Å². The van der Waals surface area contributed by atoms with Crippen LogP contribution in [0.3, 0.4) is 0 Å². The molecule has 0 radical (unpaired) electrons. The molecule has 0 fully saturated rings. The molecule has 0 amide bonds. The number of fused-ring (bicyclic) bond motifs is 1. The van der Waals surface area contributed by atoms with Gasteiger partial charge in [0.05, 0.1) is 6.54 Å². The Kier molecular flexibility index (Phi) is 3.08. The highest BCUT2D eigenvalue weighted by Crippen LogP contribution is 2.40.